The molecule has 0 amide bonds. The first-order valence-corrected chi connectivity index (χ1v) is 5.58. The predicted octanol–water partition coefficient (Wildman–Crippen LogP) is 3.50. The maximum Gasteiger partial charge on any atom is 0.387 e. The Morgan fingerprint density at radius 2 is 2.16 bits per heavy atom. The number of rotatable bonds is 6. The standard InChI is InChI=1S/C13H13F2NO3/c1-17-9-4-5-12(19-13(14)15)11(7-9)16-8-10-3-2-6-18-10/h2-7,13,16H,8H2,1H3. The molecule has 1 N–H and O–H groups in total. The van der Waals surface area contributed by atoms with E-state index in [4.69, 9.17) is 9.15 Å². The van der Waals surface area contributed by atoms with E-state index in [9.17, 15) is 8.78 Å². The number of benzene rings is 1. The van der Waals surface area contributed by atoms with Gasteiger partial charge in [-0.2, -0.15) is 8.78 Å². The predicted molar refractivity (Wildman–Crippen MR) is 65.7 cm³/mol. The van der Waals surface area contributed by atoms with Crippen LogP contribution in [0.15, 0.2) is 41.0 Å². The average molecular weight is 269 g/mol. The van der Waals surface area contributed by atoms with E-state index in [-0.39, 0.29) is 5.75 Å². The van der Waals surface area contributed by atoms with E-state index in [1.54, 1.807) is 30.5 Å². The van der Waals surface area contributed by atoms with Crippen molar-refractivity contribution >= 4 is 5.69 Å². The van der Waals surface area contributed by atoms with Crippen LogP contribution in [0.25, 0.3) is 0 Å². The van der Waals surface area contributed by atoms with Gasteiger partial charge in [0.1, 0.15) is 17.3 Å². The molecule has 0 saturated heterocycles. The molecule has 19 heavy (non-hydrogen) atoms. The molecule has 0 spiro atoms. The van der Waals surface area contributed by atoms with Gasteiger partial charge in [-0.1, -0.05) is 0 Å². The maximum absolute atomic E-state index is 12.3. The topological polar surface area (TPSA) is 43.6 Å². The molecule has 1 aromatic heterocycles. The third kappa shape index (κ3) is 3.61. The number of nitrogens with one attached hydrogen (secondary N) is 1. The smallest absolute Gasteiger partial charge is 0.387 e. The zero-order valence-corrected chi connectivity index (χ0v) is 10.2. The number of methoxy groups -OCH3 is 1. The summed E-state index contributed by atoms with van der Waals surface area (Å²) in [5.41, 5.74) is 0.413. The highest BCUT2D eigenvalue weighted by Gasteiger charge is 2.11. The maximum atomic E-state index is 12.3. The monoisotopic (exact) mass is 269 g/mol. The molecule has 0 aliphatic heterocycles. The van der Waals surface area contributed by atoms with Gasteiger partial charge in [-0.3, -0.25) is 0 Å². The summed E-state index contributed by atoms with van der Waals surface area (Å²) in [6.07, 6.45) is 1.54. The normalized spacial score (nSPS) is 10.5. The largest absolute Gasteiger partial charge is 0.497 e. The van der Waals surface area contributed by atoms with E-state index in [1.165, 1.54) is 13.2 Å². The summed E-state index contributed by atoms with van der Waals surface area (Å²) in [6, 6.07) is 8.09. The number of hydrogen-bond acceptors (Lipinski definition) is 4. The number of hydrogen-bond donors (Lipinski definition) is 1. The highest BCUT2D eigenvalue weighted by Crippen LogP contribution is 2.30. The molecule has 102 valence electrons. The lowest BCUT2D eigenvalue weighted by Crippen LogP contribution is -2.06. The minimum absolute atomic E-state index is 0.0577. The van der Waals surface area contributed by atoms with Gasteiger partial charge in [0.15, 0.2) is 0 Å². The molecule has 1 heterocycles. The van der Waals surface area contributed by atoms with Crippen LogP contribution in [0.1, 0.15) is 5.76 Å². The summed E-state index contributed by atoms with van der Waals surface area (Å²) in [4.78, 5) is 0. The van der Waals surface area contributed by atoms with Crippen molar-refractivity contribution in [3.8, 4) is 11.5 Å². The number of halogens is 2. The van der Waals surface area contributed by atoms with Crippen LogP contribution >= 0.6 is 0 Å². The van der Waals surface area contributed by atoms with Gasteiger partial charge >= 0.3 is 6.61 Å². The van der Waals surface area contributed by atoms with Crippen molar-refractivity contribution < 1.29 is 22.7 Å². The molecule has 0 unspecified atom stereocenters. The molecule has 0 aliphatic carbocycles. The minimum atomic E-state index is -2.88. The molecular formula is C13H13F2NO3. The molecule has 4 nitrogen and oxygen atoms in total. The van der Waals surface area contributed by atoms with E-state index in [1.807, 2.05) is 0 Å². The van der Waals surface area contributed by atoms with E-state index < -0.39 is 6.61 Å². The second kappa shape index (κ2) is 6.08. The molecule has 2 aromatic rings. The molecule has 0 fully saturated rings. The van der Waals surface area contributed by atoms with Gasteiger partial charge in [0.25, 0.3) is 0 Å². The van der Waals surface area contributed by atoms with Crippen LogP contribution in [0.2, 0.25) is 0 Å². The van der Waals surface area contributed by atoms with E-state index in [2.05, 4.69) is 10.1 Å². The Morgan fingerprint density at radius 3 is 2.79 bits per heavy atom. The van der Waals surface area contributed by atoms with Crippen molar-refractivity contribution in [1.82, 2.24) is 0 Å². The summed E-state index contributed by atoms with van der Waals surface area (Å²) < 4.78 is 39.2. The second-order valence-electron chi connectivity index (χ2n) is 3.67. The van der Waals surface area contributed by atoms with Crippen LogP contribution in [0.4, 0.5) is 14.5 Å². The van der Waals surface area contributed by atoms with Crippen molar-refractivity contribution in [3.63, 3.8) is 0 Å². The van der Waals surface area contributed by atoms with Crippen molar-refractivity contribution in [1.29, 1.82) is 0 Å². The first kappa shape index (κ1) is 13.2. The van der Waals surface area contributed by atoms with Crippen LogP contribution in [0.5, 0.6) is 11.5 Å². The second-order valence-corrected chi connectivity index (χ2v) is 3.67. The first-order chi connectivity index (χ1) is 9.19. The van der Waals surface area contributed by atoms with Crippen molar-refractivity contribution in [2.24, 2.45) is 0 Å². The van der Waals surface area contributed by atoms with Crippen LogP contribution in [0, 0.1) is 0 Å². The Morgan fingerprint density at radius 1 is 1.32 bits per heavy atom. The van der Waals surface area contributed by atoms with Crippen molar-refractivity contribution in [2.45, 2.75) is 13.2 Å². The van der Waals surface area contributed by atoms with E-state index in [0.29, 0.717) is 23.7 Å². The van der Waals surface area contributed by atoms with E-state index >= 15 is 0 Å². The van der Waals surface area contributed by atoms with Crippen molar-refractivity contribution in [2.75, 3.05) is 12.4 Å². The Bertz CT molecular complexity index is 515. The zero-order chi connectivity index (χ0) is 13.7. The first-order valence-electron chi connectivity index (χ1n) is 5.58. The Hall–Kier alpha value is -2.24. The van der Waals surface area contributed by atoms with Crippen LogP contribution in [-0.2, 0) is 6.54 Å². The summed E-state index contributed by atoms with van der Waals surface area (Å²) in [7, 11) is 1.50. The molecule has 0 radical (unpaired) electrons. The van der Waals surface area contributed by atoms with Crippen molar-refractivity contribution in [3.05, 3.63) is 42.4 Å². The number of alkyl halides is 2. The summed E-state index contributed by atoms with van der Waals surface area (Å²) >= 11 is 0. The number of furan rings is 1. The summed E-state index contributed by atoms with van der Waals surface area (Å²) in [5, 5.41) is 2.96. The molecule has 6 heteroatoms. The van der Waals surface area contributed by atoms with Gasteiger partial charge < -0.3 is 19.2 Å². The van der Waals surface area contributed by atoms with Gasteiger partial charge in [0.05, 0.1) is 25.6 Å². The Kier molecular flexibility index (Phi) is 4.22. The third-order valence-electron chi connectivity index (χ3n) is 2.44. The van der Waals surface area contributed by atoms with Crippen LogP contribution in [0.3, 0.4) is 0 Å². The molecule has 1 aromatic carbocycles. The number of ether oxygens (including phenoxy) is 2. The number of anilines is 1. The summed E-state index contributed by atoms with van der Waals surface area (Å²) in [6.45, 7) is -2.52. The fourth-order valence-corrected chi connectivity index (χ4v) is 1.57. The quantitative estimate of drug-likeness (QED) is 0.871. The van der Waals surface area contributed by atoms with E-state index in [0.717, 1.165) is 0 Å². The fourth-order valence-electron chi connectivity index (χ4n) is 1.57. The van der Waals surface area contributed by atoms with Gasteiger partial charge in [-0.15, -0.1) is 0 Å². The highest BCUT2D eigenvalue weighted by atomic mass is 19.3. The lowest BCUT2D eigenvalue weighted by molar-refractivity contribution is -0.0494. The SMILES string of the molecule is COc1ccc(OC(F)F)c(NCc2ccco2)c1. The molecule has 0 bridgehead atoms. The third-order valence-corrected chi connectivity index (χ3v) is 2.44. The van der Waals surface area contributed by atoms with Crippen LogP contribution in [-0.4, -0.2) is 13.7 Å². The molecule has 2 rings (SSSR count). The highest BCUT2D eigenvalue weighted by molar-refractivity contribution is 5.59. The Labute approximate surface area is 108 Å². The van der Waals surface area contributed by atoms with Gasteiger partial charge in [-0.05, 0) is 24.3 Å². The zero-order valence-electron chi connectivity index (χ0n) is 10.2. The van der Waals surface area contributed by atoms with Crippen LogP contribution < -0.4 is 14.8 Å². The lowest BCUT2D eigenvalue weighted by atomic mass is 10.2. The van der Waals surface area contributed by atoms with Gasteiger partial charge in [0, 0.05) is 6.07 Å². The molecule has 0 saturated carbocycles. The Balaban J connectivity index is 2.14. The average Bonchev–Trinajstić information content (AvgIpc) is 2.90. The fraction of sp³-hybridized carbons (Fsp3) is 0.231. The van der Waals surface area contributed by atoms with Gasteiger partial charge in [0.2, 0.25) is 0 Å². The molecule has 0 atom stereocenters. The summed E-state index contributed by atoms with van der Waals surface area (Å²) in [5.74, 6) is 1.29. The van der Waals surface area contributed by atoms with Gasteiger partial charge in [-0.25, -0.2) is 0 Å². The molecule has 0 aliphatic rings. The minimum Gasteiger partial charge on any atom is -0.497 e. The molecular weight excluding hydrogens is 256 g/mol. The lowest BCUT2D eigenvalue weighted by Gasteiger charge is -2.13.